The minimum absolute atomic E-state index is 0.0862. The molecular weight excluding hydrogens is 704 g/mol. The molecule has 1 aliphatic rings. The highest BCUT2D eigenvalue weighted by molar-refractivity contribution is 6.12. The van der Waals surface area contributed by atoms with Crippen LogP contribution in [0.1, 0.15) is 36.8 Å². The molecular formula is C36H44N8O10. The van der Waals surface area contributed by atoms with Gasteiger partial charge in [-0.3, -0.25) is 43.3 Å². The third kappa shape index (κ3) is 15.3. The lowest BCUT2D eigenvalue weighted by atomic mass is 10.1. The van der Waals surface area contributed by atoms with E-state index < -0.39 is 54.8 Å². The molecule has 0 unspecified atom stereocenters. The number of likely N-dealkylation sites (N-methyl/N-ethyl adjacent to an activating group) is 1. The lowest BCUT2D eigenvalue weighted by molar-refractivity contribution is -0.137. The number of imide groups is 1. The van der Waals surface area contributed by atoms with Crippen LogP contribution in [0.5, 0.6) is 0 Å². The molecule has 2 aromatic rings. The Morgan fingerprint density at radius 2 is 1.37 bits per heavy atom. The summed E-state index contributed by atoms with van der Waals surface area (Å²) < 4.78 is 5.11. The first-order chi connectivity index (χ1) is 25.8. The highest BCUT2D eigenvalue weighted by Gasteiger charge is 2.23. The van der Waals surface area contributed by atoms with Gasteiger partial charge >= 0.3 is 6.09 Å². The van der Waals surface area contributed by atoms with Gasteiger partial charge in [-0.05, 0) is 36.1 Å². The molecule has 1 aliphatic heterocycles. The van der Waals surface area contributed by atoms with E-state index >= 15 is 0 Å². The summed E-state index contributed by atoms with van der Waals surface area (Å²) in [6.45, 7) is -1.38. The number of ether oxygens (including phenoxy) is 1. The van der Waals surface area contributed by atoms with Gasteiger partial charge in [0.1, 0.15) is 19.2 Å². The van der Waals surface area contributed by atoms with Crippen LogP contribution in [-0.2, 0) is 56.1 Å². The Morgan fingerprint density at radius 3 is 2.04 bits per heavy atom. The predicted molar refractivity (Wildman–Crippen MR) is 193 cm³/mol. The molecule has 18 nitrogen and oxygen atoms in total. The van der Waals surface area contributed by atoms with Gasteiger partial charge in [0.25, 0.3) is 11.8 Å². The maximum absolute atomic E-state index is 13.1. The summed E-state index contributed by atoms with van der Waals surface area (Å²) in [4.78, 5) is 111. The van der Waals surface area contributed by atoms with Crippen molar-refractivity contribution in [3.8, 4) is 0 Å². The van der Waals surface area contributed by atoms with Gasteiger partial charge in [0.15, 0.2) is 0 Å². The second kappa shape index (κ2) is 21.7. The molecule has 2 aromatic carbocycles. The van der Waals surface area contributed by atoms with Crippen LogP contribution < -0.4 is 32.3 Å². The smallest absolute Gasteiger partial charge is 0.410 e. The van der Waals surface area contributed by atoms with Gasteiger partial charge in [-0.1, -0.05) is 48.9 Å². The van der Waals surface area contributed by atoms with Crippen LogP contribution in [0.4, 0.5) is 10.5 Å². The van der Waals surface area contributed by atoms with E-state index in [1.165, 1.54) is 19.2 Å². The van der Waals surface area contributed by atoms with E-state index in [0.29, 0.717) is 30.5 Å². The van der Waals surface area contributed by atoms with E-state index in [-0.39, 0.29) is 56.8 Å². The van der Waals surface area contributed by atoms with Gasteiger partial charge in [-0.15, -0.1) is 0 Å². The number of carbonyl (C=O) groups excluding carboxylic acids is 9. The van der Waals surface area contributed by atoms with Gasteiger partial charge in [0.05, 0.1) is 19.6 Å². The molecule has 3 rings (SSSR count). The molecule has 0 radical (unpaired) electrons. The maximum atomic E-state index is 13.1. The molecule has 7 N–H and O–H groups in total. The predicted octanol–water partition coefficient (Wildman–Crippen LogP) is -0.760. The summed E-state index contributed by atoms with van der Waals surface area (Å²) in [5, 5.41) is 12.6. The maximum Gasteiger partial charge on any atom is 0.410 e. The van der Waals surface area contributed by atoms with E-state index in [1.54, 1.807) is 54.6 Å². The normalized spacial score (nSPS) is 12.4. The number of benzene rings is 2. The average molecular weight is 749 g/mol. The van der Waals surface area contributed by atoms with Crippen molar-refractivity contribution in [3.05, 3.63) is 77.9 Å². The number of primary amides is 1. The summed E-state index contributed by atoms with van der Waals surface area (Å²) in [6, 6.07) is 14.1. The number of nitrogens with one attached hydrogen (secondary N) is 5. The number of anilines is 1. The van der Waals surface area contributed by atoms with Crippen molar-refractivity contribution >= 4 is 59.0 Å². The third-order valence-corrected chi connectivity index (χ3v) is 7.74. The fourth-order valence-corrected chi connectivity index (χ4v) is 4.93. The Labute approximate surface area is 311 Å². The Balaban J connectivity index is 1.38. The molecule has 0 fully saturated rings. The second-order valence-electron chi connectivity index (χ2n) is 12.2. The van der Waals surface area contributed by atoms with Crippen LogP contribution in [0.25, 0.3) is 0 Å². The lowest BCUT2D eigenvalue weighted by Gasteiger charge is -2.19. The molecule has 0 bridgehead atoms. The van der Waals surface area contributed by atoms with Gasteiger partial charge in [-0.25, -0.2) is 4.79 Å². The number of hydrogen-bond acceptors (Lipinski definition) is 10. The number of amides is 9. The van der Waals surface area contributed by atoms with Crippen LogP contribution in [-0.4, -0.2) is 109 Å². The molecule has 1 atom stereocenters. The summed E-state index contributed by atoms with van der Waals surface area (Å²) in [5.41, 5.74) is 6.81. The summed E-state index contributed by atoms with van der Waals surface area (Å²) >= 11 is 0. The number of nitrogens with zero attached hydrogens (tertiary/aromatic N) is 2. The Bertz CT molecular complexity index is 1700. The lowest BCUT2D eigenvalue weighted by Crippen LogP contribution is -2.52. The van der Waals surface area contributed by atoms with E-state index in [9.17, 15) is 43.2 Å². The van der Waals surface area contributed by atoms with Gasteiger partial charge in [-0.2, -0.15) is 0 Å². The number of rotatable bonds is 21. The minimum atomic E-state index is -1.09. The van der Waals surface area contributed by atoms with Crippen LogP contribution in [0.15, 0.2) is 66.7 Å². The zero-order valence-electron chi connectivity index (χ0n) is 29.8. The molecule has 1 heterocycles. The van der Waals surface area contributed by atoms with Crippen molar-refractivity contribution in [2.45, 2.75) is 44.8 Å². The topological polar surface area (TPSA) is 256 Å². The van der Waals surface area contributed by atoms with Gasteiger partial charge < -0.3 is 42.0 Å². The van der Waals surface area contributed by atoms with E-state index in [2.05, 4.69) is 26.6 Å². The quantitative estimate of drug-likeness (QED) is 0.0687. The number of nitrogens with two attached hydrogens (primary N) is 1. The first kappa shape index (κ1) is 41.8. The molecule has 0 spiro atoms. The average Bonchev–Trinajstić information content (AvgIpc) is 3.47. The molecule has 18 heteroatoms. The number of hydrogen-bond donors (Lipinski definition) is 6. The SMILES string of the molecule is CN(CC(N)=O)C(=O)OCc1ccc(NC(=O)CNC(=O)[C@H](Cc2ccccc2)NC(=O)CNC(=O)CNC(=O)CCCCCN2C(=O)C=CC2=O)cc1. The highest BCUT2D eigenvalue weighted by atomic mass is 16.6. The minimum Gasteiger partial charge on any atom is -0.445 e. The summed E-state index contributed by atoms with van der Waals surface area (Å²) in [7, 11) is 1.37. The van der Waals surface area contributed by atoms with Crippen LogP contribution in [0.3, 0.4) is 0 Å². The fourth-order valence-electron chi connectivity index (χ4n) is 4.93. The molecule has 9 amide bonds. The number of carbonyl (C=O) groups is 9. The molecule has 0 aromatic heterocycles. The Hall–Kier alpha value is -6.59. The van der Waals surface area contributed by atoms with Crippen molar-refractivity contribution < 1.29 is 47.9 Å². The van der Waals surface area contributed by atoms with Crippen molar-refractivity contribution in [2.24, 2.45) is 5.73 Å². The first-order valence-corrected chi connectivity index (χ1v) is 17.0. The Morgan fingerprint density at radius 1 is 0.741 bits per heavy atom. The standard InChI is InChI=1S/C36H44N8O10/c1-43(22-28(37)45)36(53)54-23-25-11-13-26(14-12-25)41-31(48)21-40-35(52)27(18-24-8-4-2-5-9-24)42-32(49)20-39-30(47)19-38-29(46)10-6-3-7-17-44-33(50)15-16-34(44)51/h2,4-5,8-9,11-16,27H,3,6-7,10,17-23H2,1H3,(H2,37,45)(H,38,46)(H,39,47)(H,40,52)(H,41,48)(H,42,49)/t27-/m0/s1. The van der Waals surface area contributed by atoms with Crippen molar-refractivity contribution in [1.29, 1.82) is 0 Å². The van der Waals surface area contributed by atoms with Crippen molar-refractivity contribution in [2.75, 3.05) is 45.1 Å². The summed E-state index contributed by atoms with van der Waals surface area (Å²) in [5.74, 6) is -4.27. The van der Waals surface area contributed by atoms with Crippen LogP contribution in [0, 0.1) is 0 Å². The second-order valence-corrected chi connectivity index (χ2v) is 12.2. The fraction of sp³-hybridized carbons (Fsp3) is 0.361. The first-order valence-electron chi connectivity index (χ1n) is 17.0. The highest BCUT2D eigenvalue weighted by Crippen LogP contribution is 2.11. The molecule has 0 saturated carbocycles. The van der Waals surface area contributed by atoms with Gasteiger partial charge in [0, 0.05) is 44.3 Å². The largest absolute Gasteiger partial charge is 0.445 e. The van der Waals surface area contributed by atoms with E-state index in [0.717, 1.165) is 15.4 Å². The number of unbranched alkanes of at least 4 members (excludes halogenated alkanes) is 2. The molecule has 0 saturated heterocycles. The third-order valence-electron chi connectivity index (χ3n) is 7.74. The molecule has 288 valence electrons. The van der Waals surface area contributed by atoms with Gasteiger partial charge in [0.2, 0.25) is 35.4 Å². The van der Waals surface area contributed by atoms with Crippen LogP contribution in [0.2, 0.25) is 0 Å². The van der Waals surface area contributed by atoms with Crippen molar-refractivity contribution in [3.63, 3.8) is 0 Å². The zero-order chi connectivity index (χ0) is 39.5. The van der Waals surface area contributed by atoms with E-state index in [4.69, 9.17) is 10.5 Å². The monoisotopic (exact) mass is 748 g/mol. The van der Waals surface area contributed by atoms with E-state index in [1.807, 2.05) is 0 Å². The molecule has 54 heavy (non-hydrogen) atoms. The summed E-state index contributed by atoms with van der Waals surface area (Å²) in [6.07, 6.45) is 3.53. The zero-order valence-corrected chi connectivity index (χ0v) is 29.8. The Kier molecular flexibility index (Phi) is 16.8. The van der Waals surface area contributed by atoms with Crippen LogP contribution >= 0.6 is 0 Å². The van der Waals surface area contributed by atoms with Crippen molar-refractivity contribution in [1.82, 2.24) is 31.1 Å². The molecule has 0 aliphatic carbocycles.